The molecule has 1 heterocycles. The molecule has 0 bridgehead atoms. The lowest BCUT2D eigenvalue weighted by Gasteiger charge is -2.28. The predicted molar refractivity (Wildman–Crippen MR) is 79.6 cm³/mol. The Morgan fingerprint density at radius 3 is 2.77 bits per heavy atom. The summed E-state index contributed by atoms with van der Waals surface area (Å²) in [5.41, 5.74) is 0.770. The number of carbonyl (C=O) groups is 2. The Kier molecular flexibility index (Phi) is 4.82. The molecule has 0 saturated heterocycles. The van der Waals surface area contributed by atoms with Gasteiger partial charge >= 0.3 is 0 Å². The summed E-state index contributed by atoms with van der Waals surface area (Å²) in [4.78, 5) is 24.2. The highest BCUT2D eigenvalue weighted by Gasteiger charge is 2.36. The van der Waals surface area contributed by atoms with Gasteiger partial charge < -0.3 is 10.1 Å². The van der Waals surface area contributed by atoms with E-state index in [9.17, 15) is 18.0 Å². The minimum atomic E-state index is -3.84. The molecule has 0 fully saturated rings. The highest BCUT2D eigenvalue weighted by atomic mass is 32.2. The van der Waals surface area contributed by atoms with E-state index in [1.165, 1.54) is 7.11 Å². The Morgan fingerprint density at radius 2 is 2.09 bits per heavy atom. The van der Waals surface area contributed by atoms with Gasteiger partial charge in [-0.15, -0.1) is 0 Å². The number of methoxy groups -OCH3 is 1. The Bertz CT molecular complexity index is 686. The molecule has 0 aliphatic carbocycles. The summed E-state index contributed by atoms with van der Waals surface area (Å²) in [7, 11) is -2.34. The van der Waals surface area contributed by atoms with E-state index in [2.05, 4.69) is 5.32 Å². The normalized spacial score (nSPS) is 17.7. The van der Waals surface area contributed by atoms with Crippen molar-refractivity contribution in [1.82, 2.24) is 9.62 Å². The predicted octanol–water partition coefficient (Wildman–Crippen LogP) is 0.123. The van der Waals surface area contributed by atoms with Crippen molar-refractivity contribution in [3.8, 4) is 0 Å². The van der Waals surface area contributed by atoms with Crippen LogP contribution in [-0.4, -0.2) is 50.8 Å². The van der Waals surface area contributed by atoms with Gasteiger partial charge in [-0.1, -0.05) is 18.2 Å². The first kappa shape index (κ1) is 16.4. The van der Waals surface area contributed by atoms with Crippen LogP contribution in [0.15, 0.2) is 24.3 Å². The first-order valence-electron chi connectivity index (χ1n) is 6.76. The van der Waals surface area contributed by atoms with E-state index in [1.54, 1.807) is 31.2 Å². The Hall–Kier alpha value is -1.93. The van der Waals surface area contributed by atoms with E-state index in [0.29, 0.717) is 22.0 Å². The van der Waals surface area contributed by atoms with E-state index in [-0.39, 0.29) is 11.8 Å². The third-order valence-corrected chi connectivity index (χ3v) is 4.90. The fraction of sp³-hybridized carbons (Fsp3) is 0.429. The van der Waals surface area contributed by atoms with Gasteiger partial charge in [-0.2, -0.15) is 0 Å². The number of fused-ring (bicyclic) bond motifs is 1. The molecule has 22 heavy (non-hydrogen) atoms. The molecule has 1 N–H and O–H groups in total. The van der Waals surface area contributed by atoms with Crippen molar-refractivity contribution in [2.45, 2.75) is 18.7 Å². The van der Waals surface area contributed by atoms with Crippen LogP contribution in [0.5, 0.6) is 0 Å². The molecule has 1 unspecified atom stereocenters. The molecule has 2 rings (SSSR count). The number of ether oxygens (including phenoxy) is 1. The fourth-order valence-corrected chi connectivity index (χ4v) is 3.77. The third kappa shape index (κ3) is 3.45. The maximum atomic E-state index is 12.3. The average molecular weight is 326 g/mol. The molecule has 1 aliphatic heterocycles. The number of rotatable bonds is 5. The van der Waals surface area contributed by atoms with E-state index < -0.39 is 28.4 Å². The smallest absolute Gasteiger partial charge is 0.268 e. The van der Waals surface area contributed by atoms with Crippen molar-refractivity contribution in [2.75, 3.05) is 20.3 Å². The SMILES string of the molecule is COCC(C)NC(=O)CN1C(=O)c2ccccc2CS1(=O)=O. The lowest BCUT2D eigenvalue weighted by Crippen LogP contribution is -2.49. The van der Waals surface area contributed by atoms with Crippen molar-refractivity contribution < 1.29 is 22.7 Å². The number of hydrogen-bond donors (Lipinski definition) is 1. The van der Waals surface area contributed by atoms with Gasteiger partial charge in [0.1, 0.15) is 6.54 Å². The summed E-state index contributed by atoms with van der Waals surface area (Å²) in [5, 5.41) is 2.59. The third-order valence-electron chi connectivity index (χ3n) is 3.26. The molecule has 7 nitrogen and oxygen atoms in total. The van der Waals surface area contributed by atoms with E-state index in [0.717, 1.165) is 0 Å². The highest BCUT2D eigenvalue weighted by Crippen LogP contribution is 2.24. The van der Waals surface area contributed by atoms with Crippen molar-refractivity contribution in [3.05, 3.63) is 35.4 Å². The maximum absolute atomic E-state index is 12.3. The van der Waals surface area contributed by atoms with E-state index >= 15 is 0 Å². The zero-order valence-corrected chi connectivity index (χ0v) is 13.2. The molecule has 0 aromatic heterocycles. The second kappa shape index (κ2) is 6.45. The number of amides is 2. The lowest BCUT2D eigenvalue weighted by molar-refractivity contribution is -0.122. The second-order valence-electron chi connectivity index (χ2n) is 5.15. The summed E-state index contributed by atoms with van der Waals surface area (Å²) in [6.07, 6.45) is 0. The molecule has 1 aliphatic rings. The van der Waals surface area contributed by atoms with Crippen LogP contribution in [-0.2, 0) is 25.3 Å². The second-order valence-corrected chi connectivity index (χ2v) is 7.04. The van der Waals surface area contributed by atoms with Crippen LogP contribution in [0.25, 0.3) is 0 Å². The molecule has 0 saturated carbocycles. The molecule has 1 aromatic rings. The Morgan fingerprint density at radius 1 is 1.41 bits per heavy atom. The number of benzene rings is 1. The molecule has 2 amide bonds. The first-order chi connectivity index (χ1) is 10.3. The molecule has 1 aromatic carbocycles. The van der Waals surface area contributed by atoms with Gasteiger partial charge in [-0.25, -0.2) is 12.7 Å². The number of nitrogens with zero attached hydrogens (tertiary/aromatic N) is 1. The van der Waals surface area contributed by atoms with Gasteiger partial charge in [0.05, 0.1) is 12.4 Å². The van der Waals surface area contributed by atoms with Crippen LogP contribution >= 0.6 is 0 Å². The number of carbonyl (C=O) groups excluding carboxylic acids is 2. The van der Waals surface area contributed by atoms with Gasteiger partial charge in [-0.3, -0.25) is 9.59 Å². The molecule has 1 atom stereocenters. The zero-order valence-electron chi connectivity index (χ0n) is 12.4. The topological polar surface area (TPSA) is 92.8 Å². The molecule has 0 radical (unpaired) electrons. The van der Waals surface area contributed by atoms with Gasteiger partial charge in [0.2, 0.25) is 15.9 Å². The number of nitrogens with one attached hydrogen (secondary N) is 1. The standard InChI is InChI=1S/C14H18N2O5S/c1-10(8-21-2)15-13(17)7-16-14(18)12-6-4-3-5-11(12)9-22(16,19)20/h3-6,10H,7-9H2,1-2H3,(H,15,17). The number of hydrogen-bond acceptors (Lipinski definition) is 5. The monoisotopic (exact) mass is 326 g/mol. The van der Waals surface area contributed by atoms with Gasteiger partial charge in [-0.05, 0) is 18.6 Å². The van der Waals surface area contributed by atoms with Gasteiger partial charge in [0, 0.05) is 18.7 Å². The first-order valence-corrected chi connectivity index (χ1v) is 8.37. The van der Waals surface area contributed by atoms with Crippen molar-refractivity contribution in [2.24, 2.45) is 0 Å². The zero-order chi connectivity index (χ0) is 16.3. The lowest BCUT2D eigenvalue weighted by atomic mass is 10.1. The van der Waals surface area contributed by atoms with Crippen molar-refractivity contribution in [1.29, 1.82) is 0 Å². The van der Waals surface area contributed by atoms with Gasteiger partial charge in [0.15, 0.2) is 0 Å². The summed E-state index contributed by atoms with van der Waals surface area (Å²) in [6.45, 7) is 1.50. The van der Waals surface area contributed by atoms with Crippen molar-refractivity contribution in [3.63, 3.8) is 0 Å². The van der Waals surface area contributed by atoms with Gasteiger partial charge in [0.25, 0.3) is 5.91 Å². The molecular formula is C14H18N2O5S. The van der Waals surface area contributed by atoms with Crippen LogP contribution in [0.4, 0.5) is 0 Å². The Labute approximate surface area is 129 Å². The minimum Gasteiger partial charge on any atom is -0.383 e. The minimum absolute atomic E-state index is 0.271. The summed E-state index contributed by atoms with van der Waals surface area (Å²) in [6, 6.07) is 6.23. The fourth-order valence-electron chi connectivity index (χ4n) is 2.30. The van der Waals surface area contributed by atoms with E-state index in [4.69, 9.17) is 4.74 Å². The molecule has 120 valence electrons. The quantitative estimate of drug-likeness (QED) is 0.830. The Balaban J connectivity index is 2.17. The van der Waals surface area contributed by atoms with Crippen LogP contribution in [0.2, 0.25) is 0 Å². The summed E-state index contributed by atoms with van der Waals surface area (Å²) in [5.74, 6) is -1.49. The molecular weight excluding hydrogens is 308 g/mol. The summed E-state index contributed by atoms with van der Waals surface area (Å²) >= 11 is 0. The summed E-state index contributed by atoms with van der Waals surface area (Å²) < 4.78 is 29.9. The molecule has 0 spiro atoms. The highest BCUT2D eigenvalue weighted by molar-refractivity contribution is 7.89. The van der Waals surface area contributed by atoms with Crippen LogP contribution in [0, 0.1) is 0 Å². The number of sulfonamides is 1. The largest absolute Gasteiger partial charge is 0.383 e. The van der Waals surface area contributed by atoms with Crippen LogP contribution in [0.1, 0.15) is 22.8 Å². The average Bonchev–Trinajstić information content (AvgIpc) is 2.43. The van der Waals surface area contributed by atoms with E-state index in [1.807, 2.05) is 0 Å². The van der Waals surface area contributed by atoms with Crippen molar-refractivity contribution >= 4 is 21.8 Å². The molecule has 8 heteroatoms. The maximum Gasteiger partial charge on any atom is 0.268 e. The van der Waals surface area contributed by atoms with Crippen LogP contribution < -0.4 is 5.32 Å². The van der Waals surface area contributed by atoms with Crippen LogP contribution in [0.3, 0.4) is 0 Å².